The average molecular weight is 638 g/mol. The van der Waals surface area contributed by atoms with E-state index in [2.05, 4.69) is 23.1 Å². The Bertz CT molecular complexity index is 1180. The second-order valence-corrected chi connectivity index (χ2v) is 14.2. The first-order chi connectivity index (χ1) is 21.9. The number of rotatable bonds is 24. The Morgan fingerprint density at radius 3 is 1.53 bits per heavy atom. The van der Waals surface area contributed by atoms with Gasteiger partial charge in [0.1, 0.15) is 17.3 Å². The molecule has 0 atom stereocenters. The van der Waals surface area contributed by atoms with Crippen molar-refractivity contribution in [3.8, 4) is 0 Å². The second kappa shape index (κ2) is 20.6. The Morgan fingerprint density at radius 1 is 0.667 bits per heavy atom. The summed E-state index contributed by atoms with van der Waals surface area (Å²) < 4.78 is 3.16. The molecule has 1 aromatic rings. The van der Waals surface area contributed by atoms with Crippen LogP contribution in [0.15, 0.2) is 40.8 Å². The molecule has 45 heavy (non-hydrogen) atoms. The third kappa shape index (κ3) is 11.4. The predicted octanol–water partition coefficient (Wildman–Crippen LogP) is 10.5. The van der Waals surface area contributed by atoms with Crippen molar-refractivity contribution in [2.75, 3.05) is 13.1 Å². The zero-order valence-corrected chi connectivity index (χ0v) is 29.7. The Kier molecular flexibility index (Phi) is 16.9. The maximum Gasteiger partial charge on any atom is 0.202 e. The maximum atomic E-state index is 13.3. The fourth-order valence-electron chi connectivity index (χ4n) is 6.63. The van der Waals surface area contributed by atoms with Crippen LogP contribution in [0.25, 0.3) is 5.57 Å². The molecule has 0 aliphatic heterocycles. The number of nitrogens with one attached hydrogen (secondary N) is 1. The Labute approximate surface area is 278 Å². The maximum absolute atomic E-state index is 13.3. The van der Waals surface area contributed by atoms with Crippen LogP contribution < -0.4 is 4.37 Å². The fraction of sp³-hybridized carbons (Fsp3) is 0.667. The molecular formula is C39H61N2O3S+. The van der Waals surface area contributed by atoms with Gasteiger partial charge in [0, 0.05) is 37.4 Å². The van der Waals surface area contributed by atoms with Crippen molar-refractivity contribution in [2.24, 2.45) is 0 Å². The van der Waals surface area contributed by atoms with Gasteiger partial charge in [0.25, 0.3) is 0 Å². The first-order valence-electron chi connectivity index (χ1n) is 18.3. The zero-order valence-electron chi connectivity index (χ0n) is 28.9. The molecule has 6 heteroatoms. The number of H-pyrrole nitrogens is 1. The highest BCUT2D eigenvalue weighted by Gasteiger charge is 2.41. The van der Waals surface area contributed by atoms with E-state index in [-0.39, 0.29) is 22.9 Å². The molecule has 0 saturated heterocycles. The highest BCUT2D eigenvalue weighted by Crippen LogP contribution is 2.41. The standard InChI is InChI=1S/C39H60N2O3S/c1-5-7-9-11-13-15-17-19-21-23-27-41(28-24-22-20-18-16-14-12-10-8-6-2)32-25-26-33(34(42)29-32)36-38(43)37(39(36)44)35-30(3)40-45-31(35)4/h25-26,29,43H,5-24,27-28H2,1-4H3/p+1/b36-33+. The number of aliphatic hydroxyl groups is 1. The lowest BCUT2D eigenvalue weighted by molar-refractivity contribution is -0.300. The molecule has 0 fully saturated rings. The number of aromatic nitrogens is 1. The predicted molar refractivity (Wildman–Crippen MR) is 189 cm³/mol. The molecule has 0 saturated carbocycles. The molecule has 5 nitrogen and oxygen atoms in total. The lowest BCUT2D eigenvalue weighted by atomic mass is 9.79. The van der Waals surface area contributed by atoms with Crippen molar-refractivity contribution in [1.29, 1.82) is 0 Å². The van der Waals surface area contributed by atoms with E-state index in [4.69, 9.17) is 0 Å². The molecule has 0 bridgehead atoms. The number of allylic oxidation sites excluding steroid dienone is 6. The van der Waals surface area contributed by atoms with Crippen molar-refractivity contribution in [3.63, 3.8) is 0 Å². The Morgan fingerprint density at radius 2 is 1.13 bits per heavy atom. The minimum Gasteiger partial charge on any atom is -0.506 e. The van der Waals surface area contributed by atoms with Gasteiger partial charge in [-0.05, 0) is 31.9 Å². The van der Waals surface area contributed by atoms with Crippen molar-refractivity contribution in [2.45, 2.75) is 156 Å². The van der Waals surface area contributed by atoms with Crippen LogP contribution in [0.3, 0.4) is 0 Å². The summed E-state index contributed by atoms with van der Waals surface area (Å²) in [4.78, 5) is 29.8. The van der Waals surface area contributed by atoms with Crippen LogP contribution in [-0.4, -0.2) is 34.7 Å². The van der Waals surface area contributed by atoms with E-state index < -0.39 is 0 Å². The van der Waals surface area contributed by atoms with Gasteiger partial charge in [-0.15, -0.1) is 0 Å². The van der Waals surface area contributed by atoms with E-state index in [0.29, 0.717) is 11.1 Å². The number of aliphatic hydroxyl groups excluding tert-OH is 1. The highest BCUT2D eigenvalue weighted by molar-refractivity contribution is 7.01. The van der Waals surface area contributed by atoms with E-state index in [1.54, 1.807) is 12.2 Å². The van der Waals surface area contributed by atoms with Crippen LogP contribution in [-0.2, 0) is 9.59 Å². The van der Waals surface area contributed by atoms with Gasteiger partial charge in [-0.2, -0.15) is 4.37 Å². The normalized spacial score (nSPS) is 16.5. The number of carbonyl (C=O) groups is 2. The fourth-order valence-corrected chi connectivity index (χ4v) is 7.40. The monoisotopic (exact) mass is 637 g/mol. The molecule has 0 radical (unpaired) electrons. The van der Waals surface area contributed by atoms with E-state index in [1.165, 1.54) is 127 Å². The van der Waals surface area contributed by atoms with Crippen molar-refractivity contribution in [3.05, 3.63) is 57.0 Å². The molecule has 0 unspecified atom stereocenters. The van der Waals surface area contributed by atoms with Crippen LogP contribution in [0.4, 0.5) is 0 Å². The van der Waals surface area contributed by atoms with Crippen LogP contribution in [0.1, 0.15) is 158 Å². The Hall–Kier alpha value is -2.47. The first kappa shape index (κ1) is 37.0. The number of unbranched alkanes of at least 4 members (excludes halogenated alkanes) is 18. The number of carbonyl (C=O) groups excluding carboxylic acids is 2. The zero-order chi connectivity index (χ0) is 32.4. The molecule has 1 aromatic heterocycles. The third-order valence-corrected chi connectivity index (χ3v) is 10.3. The second-order valence-electron chi connectivity index (χ2n) is 13.2. The lowest BCUT2D eigenvalue weighted by Gasteiger charge is -2.28. The van der Waals surface area contributed by atoms with E-state index in [9.17, 15) is 14.7 Å². The van der Waals surface area contributed by atoms with Gasteiger partial charge in [0.2, 0.25) is 5.78 Å². The van der Waals surface area contributed by atoms with Crippen molar-refractivity contribution in [1.82, 2.24) is 4.90 Å². The van der Waals surface area contributed by atoms with E-state index in [1.807, 2.05) is 19.9 Å². The molecular weight excluding hydrogens is 577 g/mol. The highest BCUT2D eigenvalue weighted by atomic mass is 32.1. The molecule has 250 valence electrons. The third-order valence-electron chi connectivity index (χ3n) is 9.42. The quantitative estimate of drug-likeness (QED) is 0.0904. The van der Waals surface area contributed by atoms with Crippen molar-refractivity contribution < 1.29 is 19.1 Å². The van der Waals surface area contributed by atoms with Gasteiger partial charge in [-0.3, -0.25) is 9.59 Å². The van der Waals surface area contributed by atoms with Gasteiger partial charge < -0.3 is 10.0 Å². The number of hydrogen-bond donors (Lipinski definition) is 1. The summed E-state index contributed by atoms with van der Waals surface area (Å²) in [5.41, 5.74) is 3.34. The van der Waals surface area contributed by atoms with Gasteiger partial charge in [-0.25, -0.2) is 0 Å². The molecule has 2 aliphatic carbocycles. The van der Waals surface area contributed by atoms with E-state index >= 15 is 0 Å². The topological polar surface area (TPSA) is 71.8 Å². The molecule has 2 aliphatic rings. The minimum atomic E-state index is -0.247. The average Bonchev–Trinajstić information content (AvgIpc) is 3.35. The Balaban J connectivity index is 1.55. The number of aromatic amines is 1. The number of aryl methyl sites for hydroxylation is 2. The number of Topliss-reactive ketones (excluding diaryl/α,β-unsaturated/α-hetero) is 1. The van der Waals surface area contributed by atoms with Crippen molar-refractivity contribution >= 4 is 28.7 Å². The first-order valence-corrected chi connectivity index (χ1v) is 19.1. The molecule has 2 N–H and O–H groups in total. The molecule has 0 aromatic carbocycles. The lowest BCUT2D eigenvalue weighted by Crippen LogP contribution is -2.29. The van der Waals surface area contributed by atoms with Gasteiger partial charge >= 0.3 is 0 Å². The summed E-state index contributed by atoms with van der Waals surface area (Å²) in [7, 11) is 0. The summed E-state index contributed by atoms with van der Waals surface area (Å²) in [6, 6.07) is 0. The van der Waals surface area contributed by atoms with Gasteiger partial charge in [0.15, 0.2) is 11.5 Å². The van der Waals surface area contributed by atoms with Crippen LogP contribution >= 0.6 is 11.5 Å². The summed E-state index contributed by atoms with van der Waals surface area (Å²) in [5, 5.41) is 10.9. The summed E-state index contributed by atoms with van der Waals surface area (Å²) in [6.07, 6.45) is 31.6. The van der Waals surface area contributed by atoms with Gasteiger partial charge in [-0.1, -0.05) is 129 Å². The number of ketones is 2. The summed E-state index contributed by atoms with van der Waals surface area (Å²) >= 11 is 1.45. The molecule has 0 amide bonds. The smallest absolute Gasteiger partial charge is 0.202 e. The summed E-state index contributed by atoms with van der Waals surface area (Å²) in [5.74, 6) is -0.499. The SMILES string of the molecule is CCCCCCCCCCCCN(CCCCCCCCCCCC)C1=CC(=O)/C(=C2/C(=O)C(c3c(C)[nH+]sc3C)=C2O)C=C1. The summed E-state index contributed by atoms with van der Waals surface area (Å²) in [6.45, 7) is 10.3. The minimum absolute atomic E-state index is 0.0598. The number of hydrogen-bond acceptors (Lipinski definition) is 5. The van der Waals surface area contributed by atoms with Crippen LogP contribution in [0.5, 0.6) is 0 Å². The van der Waals surface area contributed by atoms with Crippen LogP contribution in [0.2, 0.25) is 0 Å². The van der Waals surface area contributed by atoms with E-state index in [0.717, 1.165) is 47.8 Å². The largest absolute Gasteiger partial charge is 0.506 e. The van der Waals surface area contributed by atoms with Crippen LogP contribution in [0, 0.1) is 13.8 Å². The van der Waals surface area contributed by atoms with Gasteiger partial charge in [0.05, 0.1) is 21.6 Å². The molecule has 0 spiro atoms. The molecule has 1 heterocycles. The molecule has 3 rings (SSSR count). The number of nitrogens with zero attached hydrogens (tertiary/aromatic N) is 1.